The van der Waals surface area contributed by atoms with Gasteiger partial charge in [0.25, 0.3) is 10.1 Å². The number of aliphatic hydroxyl groups excluding tert-OH is 1. The van der Waals surface area contributed by atoms with Gasteiger partial charge >= 0.3 is 29.6 Å². The third kappa shape index (κ3) is 4.08. The summed E-state index contributed by atoms with van der Waals surface area (Å²) in [5, 5.41) is 8.39. The van der Waals surface area contributed by atoms with E-state index in [1.165, 1.54) is 12.1 Å². The summed E-state index contributed by atoms with van der Waals surface area (Å²) in [6.45, 7) is -0.525. The molecular weight excluding hydrogens is 215 g/mol. The summed E-state index contributed by atoms with van der Waals surface area (Å²) in [6.07, 6.45) is 0. The minimum absolute atomic E-state index is 0. The second kappa shape index (κ2) is 6.55. The Hall–Kier alpha value is 0.0900. The van der Waals surface area contributed by atoms with Crippen LogP contribution in [0, 0.1) is 0 Å². The van der Waals surface area contributed by atoms with Crippen LogP contribution in [-0.2, 0) is 14.3 Å². The van der Waals surface area contributed by atoms with Crippen LogP contribution in [0.1, 0.15) is 1.43 Å². The molecule has 0 radical (unpaired) electrons. The fourth-order valence-electron chi connectivity index (χ4n) is 0.802. The zero-order valence-corrected chi connectivity index (χ0v) is 10.7. The molecule has 0 saturated carbocycles. The van der Waals surface area contributed by atoms with Crippen LogP contribution in [0.5, 0.6) is 0 Å². The zero-order valence-electron chi connectivity index (χ0n) is 8.88. The average molecular weight is 226 g/mol. The van der Waals surface area contributed by atoms with E-state index < -0.39 is 10.1 Å². The van der Waals surface area contributed by atoms with Gasteiger partial charge in [0.2, 0.25) is 0 Å². The van der Waals surface area contributed by atoms with Crippen molar-refractivity contribution in [2.75, 3.05) is 13.2 Å². The Morgan fingerprint density at radius 3 is 2.36 bits per heavy atom. The van der Waals surface area contributed by atoms with Crippen molar-refractivity contribution in [1.82, 2.24) is 0 Å². The van der Waals surface area contributed by atoms with E-state index in [1.807, 2.05) is 0 Å². The number of rotatable bonds is 4. The summed E-state index contributed by atoms with van der Waals surface area (Å²) >= 11 is 0. The monoisotopic (exact) mass is 226 g/mol. The van der Waals surface area contributed by atoms with Gasteiger partial charge in [0.15, 0.2) is 0 Å². The topological polar surface area (TPSA) is 63.6 Å². The fraction of sp³-hybridized carbons (Fsp3) is 0.250. The molecule has 0 bridgehead atoms. The Morgan fingerprint density at radius 2 is 1.86 bits per heavy atom. The molecule has 0 fully saturated rings. The molecule has 0 atom stereocenters. The molecule has 0 saturated heterocycles. The van der Waals surface area contributed by atoms with Gasteiger partial charge in [-0.25, -0.2) is 0 Å². The normalized spacial score (nSPS) is 10.6. The Labute approximate surface area is 107 Å². The Kier molecular flexibility index (Phi) is 6.59. The van der Waals surface area contributed by atoms with Crippen LogP contribution in [0.3, 0.4) is 0 Å². The maximum absolute atomic E-state index is 11.3. The minimum Gasteiger partial charge on any atom is -1.00 e. The van der Waals surface area contributed by atoms with E-state index in [2.05, 4.69) is 4.18 Å². The molecule has 0 amide bonds. The summed E-state index contributed by atoms with van der Waals surface area (Å²) in [4.78, 5) is 0.100. The van der Waals surface area contributed by atoms with Gasteiger partial charge in [-0.15, -0.1) is 0 Å². The van der Waals surface area contributed by atoms with Gasteiger partial charge in [-0.3, -0.25) is 4.18 Å². The first-order valence-electron chi connectivity index (χ1n) is 3.72. The predicted octanol–water partition coefficient (Wildman–Crippen LogP) is -2.50. The Morgan fingerprint density at radius 1 is 1.29 bits per heavy atom. The molecule has 4 nitrogen and oxygen atoms in total. The number of aliphatic hydroxyl groups is 1. The van der Waals surface area contributed by atoms with Crippen LogP contribution in [0.2, 0.25) is 0 Å². The van der Waals surface area contributed by atoms with Crippen molar-refractivity contribution >= 4 is 10.1 Å². The van der Waals surface area contributed by atoms with Crippen LogP contribution >= 0.6 is 0 Å². The summed E-state index contributed by atoms with van der Waals surface area (Å²) < 4.78 is 27.0. The molecule has 0 aliphatic heterocycles. The van der Waals surface area contributed by atoms with Crippen molar-refractivity contribution in [2.24, 2.45) is 0 Å². The van der Waals surface area contributed by atoms with E-state index in [1.54, 1.807) is 18.2 Å². The van der Waals surface area contributed by atoms with Crippen molar-refractivity contribution in [3.05, 3.63) is 30.3 Å². The zero-order chi connectivity index (χ0) is 9.73. The smallest absolute Gasteiger partial charge is 1.00 e. The number of benzene rings is 1. The molecule has 1 rings (SSSR count). The first kappa shape index (κ1) is 14.1. The first-order valence-corrected chi connectivity index (χ1v) is 5.13. The first-order chi connectivity index (χ1) is 6.17. The molecule has 14 heavy (non-hydrogen) atoms. The van der Waals surface area contributed by atoms with Crippen molar-refractivity contribution in [1.29, 1.82) is 0 Å². The molecule has 1 aromatic rings. The molecule has 0 heterocycles. The van der Waals surface area contributed by atoms with Gasteiger partial charge < -0.3 is 6.53 Å². The Balaban J connectivity index is 0. The standard InChI is InChI=1S/C8H10O4S.Na.H/c9-6-7-12-13(10,11)8-4-2-1-3-5-8;;/h1-5,9H,6-7H2;;/q;+1;-1. The molecule has 0 unspecified atom stereocenters. The van der Waals surface area contributed by atoms with Gasteiger partial charge in [-0.1, -0.05) is 18.2 Å². The van der Waals surface area contributed by atoms with Crippen molar-refractivity contribution < 1.29 is 48.7 Å². The second-order valence-electron chi connectivity index (χ2n) is 2.31. The van der Waals surface area contributed by atoms with E-state index >= 15 is 0 Å². The van der Waals surface area contributed by atoms with Gasteiger partial charge in [-0.05, 0) is 12.1 Å². The van der Waals surface area contributed by atoms with Crippen molar-refractivity contribution in [2.45, 2.75) is 4.90 Å². The maximum Gasteiger partial charge on any atom is 1.00 e. The molecule has 0 aliphatic carbocycles. The molecule has 0 aromatic heterocycles. The number of hydrogen-bond donors (Lipinski definition) is 1. The summed E-state index contributed by atoms with van der Waals surface area (Å²) in [7, 11) is -3.68. The van der Waals surface area contributed by atoms with Gasteiger partial charge in [-0.2, -0.15) is 8.42 Å². The van der Waals surface area contributed by atoms with Crippen LogP contribution in [0.4, 0.5) is 0 Å². The third-order valence-electron chi connectivity index (χ3n) is 1.36. The maximum atomic E-state index is 11.3. The molecule has 1 aromatic carbocycles. The Bertz CT molecular complexity index is 354. The molecule has 74 valence electrons. The summed E-state index contributed by atoms with van der Waals surface area (Å²) in [5.74, 6) is 0. The van der Waals surface area contributed by atoms with Gasteiger partial charge in [0.1, 0.15) is 0 Å². The third-order valence-corrected chi connectivity index (χ3v) is 2.69. The largest absolute Gasteiger partial charge is 1.00 e. The van der Waals surface area contributed by atoms with E-state index in [4.69, 9.17) is 5.11 Å². The van der Waals surface area contributed by atoms with Crippen LogP contribution in [0.25, 0.3) is 0 Å². The summed E-state index contributed by atoms with van der Waals surface area (Å²) in [5.41, 5.74) is 0. The predicted molar refractivity (Wildman–Crippen MR) is 47.8 cm³/mol. The number of hydrogen-bond acceptors (Lipinski definition) is 4. The van der Waals surface area contributed by atoms with Crippen LogP contribution < -0.4 is 29.6 Å². The molecule has 0 spiro atoms. The van der Waals surface area contributed by atoms with Gasteiger partial charge in [0.05, 0.1) is 18.1 Å². The van der Waals surface area contributed by atoms with Crippen molar-refractivity contribution in [3.63, 3.8) is 0 Å². The SMILES string of the molecule is O=S(=O)(OCCO)c1ccccc1.[H-].[Na+]. The van der Waals surface area contributed by atoms with Gasteiger partial charge in [0, 0.05) is 0 Å². The molecule has 6 heteroatoms. The summed E-state index contributed by atoms with van der Waals surface area (Å²) in [6, 6.07) is 7.80. The molecular formula is C8H11NaO4S. The van der Waals surface area contributed by atoms with Crippen LogP contribution in [0.15, 0.2) is 35.2 Å². The van der Waals surface area contributed by atoms with E-state index in [0.717, 1.165) is 0 Å². The molecule has 0 aliphatic rings. The second-order valence-corrected chi connectivity index (χ2v) is 3.93. The fourth-order valence-corrected chi connectivity index (χ4v) is 1.72. The van der Waals surface area contributed by atoms with E-state index in [9.17, 15) is 8.42 Å². The van der Waals surface area contributed by atoms with Crippen molar-refractivity contribution in [3.8, 4) is 0 Å². The molecule has 1 N–H and O–H groups in total. The quantitative estimate of drug-likeness (QED) is 0.455. The van der Waals surface area contributed by atoms with E-state index in [0.29, 0.717) is 0 Å². The minimum atomic E-state index is -3.68. The van der Waals surface area contributed by atoms with E-state index in [-0.39, 0.29) is 49.1 Å². The average Bonchev–Trinajstić information content (AvgIpc) is 2.16. The van der Waals surface area contributed by atoms with Crippen LogP contribution in [-0.4, -0.2) is 26.7 Å².